The van der Waals surface area contributed by atoms with E-state index in [1.54, 1.807) is 28.3 Å². The molecule has 1 N–H and O–H groups in total. The first-order valence-electron chi connectivity index (χ1n) is 19.3. The minimum atomic E-state index is -1.84. The summed E-state index contributed by atoms with van der Waals surface area (Å²) < 4.78 is 53.9. The second kappa shape index (κ2) is 21.0. The number of H-pyrrole nitrogens is 1. The number of aryl methyl sites for hydroxylation is 1. The van der Waals surface area contributed by atoms with Crippen molar-refractivity contribution in [2.24, 2.45) is 0 Å². The van der Waals surface area contributed by atoms with E-state index in [-0.39, 0.29) is 44.9 Å². The first kappa shape index (κ1) is 44.7. The van der Waals surface area contributed by atoms with Crippen LogP contribution in [-0.4, -0.2) is 92.4 Å². The predicted molar refractivity (Wildman–Crippen MR) is 220 cm³/mol. The van der Waals surface area contributed by atoms with Gasteiger partial charge in [-0.3, -0.25) is 14.3 Å². The zero-order valence-corrected chi connectivity index (χ0v) is 35.3. The minimum absolute atomic E-state index is 0.0144. The fraction of sp³-hybridized carbons (Fsp3) is 0.465. The number of ether oxygens (including phenoxy) is 6. The average molecular weight is 819 g/mol. The van der Waals surface area contributed by atoms with Gasteiger partial charge in [-0.05, 0) is 75.6 Å². The summed E-state index contributed by atoms with van der Waals surface area (Å²) in [5, 5.41) is 9.39. The van der Waals surface area contributed by atoms with Gasteiger partial charge in [-0.25, -0.2) is 9.46 Å². The summed E-state index contributed by atoms with van der Waals surface area (Å²) in [5.74, 6) is 1.36. The van der Waals surface area contributed by atoms with Gasteiger partial charge in [0.15, 0.2) is 6.23 Å². The molecule has 4 aromatic rings. The lowest BCUT2D eigenvalue weighted by Crippen LogP contribution is -2.44. The van der Waals surface area contributed by atoms with E-state index < -0.39 is 49.9 Å². The third-order valence-electron chi connectivity index (χ3n) is 9.82. The van der Waals surface area contributed by atoms with Crippen molar-refractivity contribution in [2.45, 2.75) is 83.3 Å². The topological polar surface area (TPSA) is 156 Å². The average Bonchev–Trinajstić information content (AvgIpc) is 3.56. The van der Waals surface area contributed by atoms with Crippen molar-refractivity contribution >= 4 is 8.53 Å². The predicted octanol–water partition coefficient (Wildman–Crippen LogP) is 6.46. The highest BCUT2D eigenvalue weighted by Gasteiger charge is 2.51. The van der Waals surface area contributed by atoms with Gasteiger partial charge < -0.3 is 37.5 Å². The maximum absolute atomic E-state index is 13.6. The standard InChI is InChI=1S/C43H55N4O10P/c1-29(2)47(30(3)4)58(55-24-12-23-44)57-39-38(53-26-25-50-6)37(56-41(39)46-27-31(5)40(48)45-42(46)49)28-54-43(32-13-10-9-11-14-32,33-15-19-35(51-7)20-16-33)34-17-21-36(52-8)22-18-34/h9-11,13-22,27,29-30,37-39,41H,12,24-26,28H2,1-8H3,(H,45,48,49)/t37-,38+,39?,41-,58?/m1/s1. The van der Waals surface area contributed by atoms with Gasteiger partial charge in [-0.2, -0.15) is 5.26 Å². The van der Waals surface area contributed by atoms with Crippen LogP contribution in [0.2, 0.25) is 0 Å². The number of nitrogens with one attached hydrogen (secondary N) is 1. The maximum Gasteiger partial charge on any atom is 0.330 e. The number of rotatable bonds is 21. The lowest BCUT2D eigenvalue weighted by atomic mass is 9.80. The molecule has 0 saturated carbocycles. The zero-order valence-electron chi connectivity index (χ0n) is 34.5. The number of hydrogen-bond acceptors (Lipinski definition) is 12. The fourth-order valence-electron chi connectivity index (χ4n) is 7.10. The molecule has 1 aliphatic heterocycles. The van der Waals surface area contributed by atoms with Crippen LogP contribution in [0, 0.1) is 18.3 Å². The van der Waals surface area contributed by atoms with Crippen LogP contribution in [0.25, 0.3) is 0 Å². The Hall–Kier alpha value is -4.42. The van der Waals surface area contributed by atoms with Crippen molar-refractivity contribution in [3.8, 4) is 17.6 Å². The second-order valence-corrected chi connectivity index (χ2v) is 15.7. The maximum atomic E-state index is 13.6. The monoisotopic (exact) mass is 818 g/mol. The van der Waals surface area contributed by atoms with E-state index in [2.05, 4.69) is 15.7 Å². The van der Waals surface area contributed by atoms with Gasteiger partial charge in [0, 0.05) is 31.0 Å². The number of benzene rings is 3. The number of nitriles is 1. The molecule has 0 aliphatic carbocycles. The lowest BCUT2D eigenvalue weighted by molar-refractivity contribution is -0.107. The van der Waals surface area contributed by atoms with Crippen LogP contribution in [0.4, 0.5) is 0 Å². The highest BCUT2D eigenvalue weighted by molar-refractivity contribution is 7.44. The number of hydrogen-bond donors (Lipinski definition) is 1. The van der Waals surface area contributed by atoms with Gasteiger partial charge in [0.25, 0.3) is 14.1 Å². The molecule has 5 rings (SSSR count). The number of aromatic amines is 1. The van der Waals surface area contributed by atoms with Crippen molar-refractivity contribution < 1.29 is 37.5 Å². The van der Waals surface area contributed by atoms with Crippen LogP contribution in [0.1, 0.15) is 62.6 Å². The molecular weight excluding hydrogens is 763 g/mol. The van der Waals surface area contributed by atoms with E-state index in [0.29, 0.717) is 17.1 Å². The summed E-state index contributed by atoms with van der Waals surface area (Å²) in [4.78, 5) is 28.6. The third-order valence-corrected chi connectivity index (χ3v) is 11.9. The molecule has 1 fully saturated rings. The molecule has 312 valence electrons. The Morgan fingerprint density at radius 3 is 1.97 bits per heavy atom. The molecule has 14 nitrogen and oxygen atoms in total. The largest absolute Gasteiger partial charge is 0.497 e. The Kier molecular flexibility index (Phi) is 16.2. The molecule has 0 bridgehead atoms. The summed E-state index contributed by atoms with van der Waals surface area (Å²) in [5.41, 5.74) is 0.393. The number of aromatic nitrogens is 2. The molecule has 58 heavy (non-hydrogen) atoms. The van der Waals surface area contributed by atoms with Crippen LogP contribution in [0.3, 0.4) is 0 Å². The molecule has 0 radical (unpaired) electrons. The van der Waals surface area contributed by atoms with Crippen LogP contribution >= 0.6 is 8.53 Å². The van der Waals surface area contributed by atoms with E-state index in [9.17, 15) is 14.9 Å². The quantitative estimate of drug-likeness (QED) is 0.0557. The molecule has 0 amide bonds. The number of nitrogens with zero attached hydrogens (tertiary/aromatic N) is 3. The molecule has 1 aromatic heterocycles. The summed E-state index contributed by atoms with van der Waals surface area (Å²) in [6, 6.07) is 27.4. The molecule has 5 atom stereocenters. The van der Waals surface area contributed by atoms with Crippen molar-refractivity contribution in [1.82, 2.24) is 14.2 Å². The number of methoxy groups -OCH3 is 3. The normalized spacial score (nSPS) is 18.8. The first-order valence-corrected chi connectivity index (χ1v) is 20.4. The lowest BCUT2D eigenvalue weighted by Gasteiger charge is -2.38. The fourth-order valence-corrected chi connectivity index (χ4v) is 8.84. The molecule has 1 saturated heterocycles. The van der Waals surface area contributed by atoms with Crippen molar-refractivity contribution in [2.75, 3.05) is 47.8 Å². The highest BCUT2D eigenvalue weighted by atomic mass is 31.2. The Balaban J connectivity index is 1.67. The first-order chi connectivity index (χ1) is 28.0. The van der Waals surface area contributed by atoms with Crippen molar-refractivity contribution in [1.29, 1.82) is 5.26 Å². The van der Waals surface area contributed by atoms with Crippen molar-refractivity contribution in [3.63, 3.8) is 0 Å². The minimum Gasteiger partial charge on any atom is -0.497 e. The third kappa shape index (κ3) is 10.2. The Morgan fingerprint density at radius 2 is 1.43 bits per heavy atom. The van der Waals surface area contributed by atoms with Gasteiger partial charge >= 0.3 is 5.69 Å². The van der Waals surface area contributed by atoms with Crippen LogP contribution in [-0.2, 0) is 33.6 Å². The molecule has 2 unspecified atom stereocenters. The van der Waals surface area contributed by atoms with Gasteiger partial charge in [0.1, 0.15) is 35.4 Å². The van der Waals surface area contributed by atoms with E-state index in [4.69, 9.17) is 37.5 Å². The smallest absolute Gasteiger partial charge is 0.330 e. The molecule has 1 aliphatic rings. The molecular formula is C43H55N4O10P. The summed E-state index contributed by atoms with van der Waals surface area (Å²) in [7, 11) is 2.98. The van der Waals surface area contributed by atoms with Crippen LogP contribution < -0.4 is 20.7 Å². The van der Waals surface area contributed by atoms with Crippen LogP contribution in [0.5, 0.6) is 11.5 Å². The van der Waals surface area contributed by atoms with Gasteiger partial charge in [-0.1, -0.05) is 54.6 Å². The summed E-state index contributed by atoms with van der Waals surface area (Å²) in [6.45, 7) is 10.3. The molecule has 15 heteroatoms. The second-order valence-electron chi connectivity index (χ2n) is 14.3. The molecule has 0 spiro atoms. The van der Waals surface area contributed by atoms with Gasteiger partial charge in [0.2, 0.25) is 0 Å². The Bertz CT molecular complexity index is 1980. The molecule has 3 aromatic carbocycles. The van der Waals surface area contributed by atoms with Gasteiger partial charge in [-0.15, -0.1) is 0 Å². The zero-order chi connectivity index (χ0) is 41.8. The van der Waals surface area contributed by atoms with E-state index in [0.717, 1.165) is 16.7 Å². The van der Waals surface area contributed by atoms with Gasteiger partial charge in [0.05, 0.1) is 53.1 Å². The van der Waals surface area contributed by atoms with E-state index >= 15 is 0 Å². The SMILES string of the molecule is COCCO[C@@H]1C(OP(OCCC#N)N(C(C)C)C(C)C)[C@H](n2cc(C)c(=O)[nH]c2=O)O[C@@H]1COC(c1ccccc1)(c1ccc(OC)cc1)c1ccc(OC)cc1. The summed E-state index contributed by atoms with van der Waals surface area (Å²) in [6.07, 6.45) is -2.13. The van der Waals surface area contributed by atoms with E-state index in [1.807, 2.05) is 107 Å². The molecule has 2 heterocycles. The summed E-state index contributed by atoms with van der Waals surface area (Å²) >= 11 is 0. The van der Waals surface area contributed by atoms with E-state index in [1.165, 1.54) is 10.8 Å². The van der Waals surface area contributed by atoms with Crippen LogP contribution in [0.15, 0.2) is 94.6 Å². The Labute approximate surface area is 341 Å². The highest BCUT2D eigenvalue weighted by Crippen LogP contribution is 2.51. The Morgan fingerprint density at radius 1 is 0.845 bits per heavy atom. The van der Waals surface area contributed by atoms with Crippen molar-refractivity contribution in [3.05, 3.63) is 128 Å².